The summed E-state index contributed by atoms with van der Waals surface area (Å²) in [5.74, 6) is 0. The molecule has 2 amide bonds. The second-order valence-electron chi connectivity index (χ2n) is 5.14. The van der Waals surface area contributed by atoms with Gasteiger partial charge in [0.05, 0.1) is 0 Å². The van der Waals surface area contributed by atoms with E-state index in [2.05, 4.69) is 17.6 Å². The van der Waals surface area contributed by atoms with Crippen LogP contribution in [0.15, 0.2) is 0 Å². The maximum atomic E-state index is 11.5. The van der Waals surface area contributed by atoms with Crippen molar-refractivity contribution in [3.05, 3.63) is 0 Å². The van der Waals surface area contributed by atoms with Gasteiger partial charge in [-0.1, -0.05) is 26.2 Å². The van der Waals surface area contributed by atoms with Crippen molar-refractivity contribution in [3.63, 3.8) is 0 Å². The van der Waals surface area contributed by atoms with Gasteiger partial charge in [0, 0.05) is 19.7 Å². The molecular weight excluding hydrogens is 216 g/mol. The lowest BCUT2D eigenvalue weighted by molar-refractivity contribution is 0.0885. The Morgan fingerprint density at radius 2 is 2.06 bits per heavy atom. The van der Waals surface area contributed by atoms with E-state index in [1.807, 2.05) is 0 Å². The van der Waals surface area contributed by atoms with Crippen LogP contribution in [-0.4, -0.2) is 30.8 Å². The van der Waals surface area contributed by atoms with Gasteiger partial charge in [-0.3, -0.25) is 0 Å². The van der Waals surface area contributed by atoms with Crippen LogP contribution >= 0.6 is 0 Å². The minimum atomic E-state index is -0.0645. The monoisotopic (exact) mass is 242 g/mol. The molecule has 1 rings (SSSR count). The van der Waals surface area contributed by atoms with Crippen molar-refractivity contribution in [1.82, 2.24) is 10.6 Å². The summed E-state index contributed by atoms with van der Waals surface area (Å²) >= 11 is 0. The molecule has 4 nitrogen and oxygen atoms in total. The number of aliphatic hydroxyl groups excluding tert-OH is 1. The second-order valence-corrected chi connectivity index (χ2v) is 5.14. The minimum Gasteiger partial charge on any atom is -0.396 e. The molecule has 1 saturated carbocycles. The second kappa shape index (κ2) is 7.54. The first-order chi connectivity index (χ1) is 8.22. The van der Waals surface area contributed by atoms with Gasteiger partial charge in [0.15, 0.2) is 0 Å². The number of aliphatic hydroxyl groups is 1. The SMILES string of the molecule is CCCCCNC(=O)NCC1(CCO)CCC1. The molecule has 0 heterocycles. The van der Waals surface area contributed by atoms with E-state index in [9.17, 15) is 4.79 Å². The lowest BCUT2D eigenvalue weighted by Crippen LogP contribution is -2.46. The van der Waals surface area contributed by atoms with Crippen molar-refractivity contribution in [1.29, 1.82) is 0 Å². The number of unbranched alkanes of at least 4 members (excludes halogenated alkanes) is 2. The van der Waals surface area contributed by atoms with Gasteiger partial charge in [0.25, 0.3) is 0 Å². The lowest BCUT2D eigenvalue weighted by Gasteiger charge is -2.41. The number of nitrogens with one attached hydrogen (secondary N) is 2. The molecule has 0 spiro atoms. The molecule has 1 aliphatic carbocycles. The van der Waals surface area contributed by atoms with Crippen LogP contribution in [0.5, 0.6) is 0 Å². The fourth-order valence-corrected chi connectivity index (χ4v) is 2.34. The zero-order valence-electron chi connectivity index (χ0n) is 10.9. The predicted molar refractivity (Wildman–Crippen MR) is 68.9 cm³/mol. The maximum Gasteiger partial charge on any atom is 0.314 e. The summed E-state index contributed by atoms with van der Waals surface area (Å²) in [5, 5.41) is 14.8. The molecule has 0 radical (unpaired) electrons. The molecule has 100 valence electrons. The maximum absolute atomic E-state index is 11.5. The van der Waals surface area contributed by atoms with Crippen molar-refractivity contribution < 1.29 is 9.90 Å². The summed E-state index contributed by atoms with van der Waals surface area (Å²) in [5.41, 5.74) is 0.176. The van der Waals surface area contributed by atoms with Gasteiger partial charge in [0.2, 0.25) is 0 Å². The van der Waals surface area contributed by atoms with Crippen molar-refractivity contribution in [3.8, 4) is 0 Å². The quantitative estimate of drug-likeness (QED) is 0.570. The molecule has 0 aromatic rings. The number of rotatable bonds is 8. The third kappa shape index (κ3) is 4.94. The van der Waals surface area contributed by atoms with E-state index in [-0.39, 0.29) is 18.1 Å². The predicted octanol–water partition coefficient (Wildman–Crippen LogP) is 2.03. The van der Waals surface area contributed by atoms with E-state index >= 15 is 0 Å². The molecule has 4 heteroatoms. The molecule has 0 bridgehead atoms. The Bertz CT molecular complexity index is 227. The summed E-state index contributed by atoms with van der Waals surface area (Å²) < 4.78 is 0. The van der Waals surface area contributed by atoms with Crippen molar-refractivity contribution in [2.24, 2.45) is 5.41 Å². The number of hydrogen-bond donors (Lipinski definition) is 3. The van der Waals surface area contributed by atoms with E-state index < -0.39 is 0 Å². The normalized spacial score (nSPS) is 17.3. The van der Waals surface area contributed by atoms with Gasteiger partial charge < -0.3 is 15.7 Å². The number of carbonyl (C=O) groups is 1. The number of carbonyl (C=O) groups excluding carboxylic acids is 1. The summed E-state index contributed by atoms with van der Waals surface area (Å²) in [6.45, 7) is 3.83. The summed E-state index contributed by atoms with van der Waals surface area (Å²) in [6, 6.07) is -0.0645. The van der Waals surface area contributed by atoms with Crippen LogP contribution in [0.3, 0.4) is 0 Å². The fourth-order valence-electron chi connectivity index (χ4n) is 2.34. The van der Waals surface area contributed by atoms with Crippen LogP contribution in [0, 0.1) is 5.41 Å². The molecule has 17 heavy (non-hydrogen) atoms. The van der Waals surface area contributed by atoms with Crippen molar-refractivity contribution in [2.75, 3.05) is 19.7 Å². The van der Waals surface area contributed by atoms with Crippen molar-refractivity contribution >= 4 is 6.03 Å². The van der Waals surface area contributed by atoms with Crippen LogP contribution in [0.2, 0.25) is 0 Å². The van der Waals surface area contributed by atoms with Crippen LogP contribution in [0.4, 0.5) is 4.79 Å². The highest BCUT2D eigenvalue weighted by atomic mass is 16.3. The van der Waals surface area contributed by atoms with Crippen molar-refractivity contribution in [2.45, 2.75) is 51.9 Å². The number of hydrogen-bond acceptors (Lipinski definition) is 2. The van der Waals surface area contributed by atoms with E-state index in [0.717, 1.165) is 38.6 Å². The first kappa shape index (κ1) is 14.3. The molecule has 0 atom stereocenters. The first-order valence-corrected chi connectivity index (χ1v) is 6.85. The van der Waals surface area contributed by atoms with E-state index in [0.29, 0.717) is 6.54 Å². The third-order valence-corrected chi connectivity index (χ3v) is 3.75. The Morgan fingerprint density at radius 1 is 1.29 bits per heavy atom. The molecule has 0 saturated heterocycles. The van der Waals surface area contributed by atoms with Gasteiger partial charge >= 0.3 is 6.03 Å². The topological polar surface area (TPSA) is 61.4 Å². The molecule has 0 aromatic carbocycles. The number of amides is 2. The van der Waals surface area contributed by atoms with E-state index in [1.54, 1.807) is 0 Å². The molecule has 0 aliphatic heterocycles. The lowest BCUT2D eigenvalue weighted by atomic mass is 9.67. The smallest absolute Gasteiger partial charge is 0.314 e. The molecule has 1 fully saturated rings. The Kier molecular flexibility index (Phi) is 6.34. The Labute approximate surface area is 104 Å². The molecule has 1 aliphatic rings. The first-order valence-electron chi connectivity index (χ1n) is 6.85. The summed E-state index contributed by atoms with van der Waals surface area (Å²) in [7, 11) is 0. The highest BCUT2D eigenvalue weighted by Gasteiger charge is 2.36. The Hall–Kier alpha value is -0.770. The summed E-state index contributed by atoms with van der Waals surface area (Å²) in [6.07, 6.45) is 7.67. The zero-order valence-corrected chi connectivity index (χ0v) is 10.9. The minimum absolute atomic E-state index is 0.0645. The van der Waals surface area contributed by atoms with Gasteiger partial charge in [-0.25, -0.2) is 4.79 Å². The van der Waals surface area contributed by atoms with Crippen LogP contribution in [0.25, 0.3) is 0 Å². The molecule has 3 N–H and O–H groups in total. The van der Waals surface area contributed by atoms with Crippen LogP contribution in [0.1, 0.15) is 51.9 Å². The van der Waals surface area contributed by atoms with Gasteiger partial charge in [-0.15, -0.1) is 0 Å². The van der Waals surface area contributed by atoms with Crippen LogP contribution in [-0.2, 0) is 0 Å². The average molecular weight is 242 g/mol. The van der Waals surface area contributed by atoms with Gasteiger partial charge in [-0.05, 0) is 31.1 Å². The Morgan fingerprint density at radius 3 is 2.59 bits per heavy atom. The largest absolute Gasteiger partial charge is 0.396 e. The summed E-state index contributed by atoms with van der Waals surface area (Å²) in [4.78, 5) is 11.5. The fraction of sp³-hybridized carbons (Fsp3) is 0.923. The average Bonchev–Trinajstić information content (AvgIpc) is 2.28. The third-order valence-electron chi connectivity index (χ3n) is 3.75. The highest BCUT2D eigenvalue weighted by Crippen LogP contribution is 2.43. The standard InChI is InChI=1S/C13H26N2O2/c1-2-3-4-9-14-12(17)15-11-13(8-10-16)6-5-7-13/h16H,2-11H2,1H3,(H2,14,15,17). The molecular formula is C13H26N2O2. The van der Waals surface area contributed by atoms with Gasteiger partial charge in [-0.2, -0.15) is 0 Å². The van der Waals surface area contributed by atoms with E-state index in [4.69, 9.17) is 5.11 Å². The van der Waals surface area contributed by atoms with E-state index in [1.165, 1.54) is 12.8 Å². The molecule has 0 aromatic heterocycles. The van der Waals surface area contributed by atoms with Gasteiger partial charge in [0.1, 0.15) is 0 Å². The number of urea groups is 1. The van der Waals surface area contributed by atoms with Crippen LogP contribution < -0.4 is 10.6 Å². The zero-order chi connectivity index (χ0) is 12.6. The molecule has 0 unspecified atom stereocenters. The highest BCUT2D eigenvalue weighted by molar-refractivity contribution is 5.73. The Balaban J connectivity index is 2.10.